The number of carbonyl (C=O) groups excluding carboxylic acids is 1. The first-order chi connectivity index (χ1) is 9.65. The predicted molar refractivity (Wildman–Crippen MR) is 75.2 cm³/mol. The summed E-state index contributed by atoms with van der Waals surface area (Å²) in [6.45, 7) is 3.31. The van der Waals surface area contributed by atoms with Crippen LogP contribution in [-0.4, -0.2) is 38.4 Å². The largest absolute Gasteiger partial charge is 0.444 e. The Labute approximate surface area is 124 Å². The summed E-state index contributed by atoms with van der Waals surface area (Å²) in [4.78, 5) is 14.5. The SMILES string of the molecule is Cc1cc(Br)oc1C(=O)N1CCC[C@H]1Cn1ccnn1. The lowest BCUT2D eigenvalue weighted by molar-refractivity contribution is 0.0686. The predicted octanol–water partition coefficient (Wildman–Crippen LogP) is 2.25. The van der Waals surface area contributed by atoms with E-state index in [9.17, 15) is 4.79 Å². The molecule has 0 aromatic carbocycles. The first-order valence-electron chi connectivity index (χ1n) is 6.56. The van der Waals surface area contributed by atoms with Crippen molar-refractivity contribution in [2.75, 3.05) is 6.54 Å². The Hall–Kier alpha value is -1.63. The van der Waals surface area contributed by atoms with Crippen LogP contribution in [0.5, 0.6) is 0 Å². The van der Waals surface area contributed by atoms with E-state index < -0.39 is 0 Å². The number of amides is 1. The lowest BCUT2D eigenvalue weighted by Crippen LogP contribution is -2.38. The van der Waals surface area contributed by atoms with Crippen LogP contribution in [0.4, 0.5) is 0 Å². The van der Waals surface area contributed by atoms with Gasteiger partial charge in [0.25, 0.3) is 5.91 Å². The van der Waals surface area contributed by atoms with Crippen molar-refractivity contribution in [1.82, 2.24) is 19.9 Å². The van der Waals surface area contributed by atoms with E-state index in [1.54, 1.807) is 10.9 Å². The van der Waals surface area contributed by atoms with Crippen molar-refractivity contribution in [3.63, 3.8) is 0 Å². The third-order valence-corrected chi connectivity index (χ3v) is 3.98. The van der Waals surface area contributed by atoms with Crippen molar-refractivity contribution in [2.45, 2.75) is 32.4 Å². The summed E-state index contributed by atoms with van der Waals surface area (Å²) in [6, 6.07) is 1.96. The van der Waals surface area contributed by atoms with Crippen LogP contribution in [0.25, 0.3) is 0 Å². The molecule has 0 N–H and O–H groups in total. The third-order valence-electron chi connectivity index (χ3n) is 3.59. The average molecular weight is 339 g/mol. The molecule has 1 amide bonds. The van der Waals surface area contributed by atoms with Crippen molar-refractivity contribution in [2.24, 2.45) is 0 Å². The van der Waals surface area contributed by atoms with E-state index in [0.29, 0.717) is 17.0 Å². The molecule has 20 heavy (non-hydrogen) atoms. The summed E-state index contributed by atoms with van der Waals surface area (Å²) in [5.41, 5.74) is 0.855. The number of hydrogen-bond donors (Lipinski definition) is 0. The average Bonchev–Trinajstić information content (AvgIpc) is 3.11. The molecule has 2 aromatic heterocycles. The zero-order chi connectivity index (χ0) is 14.1. The van der Waals surface area contributed by atoms with E-state index in [1.807, 2.05) is 24.1 Å². The first kappa shape index (κ1) is 13.4. The van der Waals surface area contributed by atoms with Gasteiger partial charge in [0, 0.05) is 18.3 Å². The molecule has 0 unspecified atom stereocenters. The minimum Gasteiger partial charge on any atom is -0.444 e. The maximum absolute atomic E-state index is 12.6. The number of halogens is 1. The van der Waals surface area contributed by atoms with E-state index in [1.165, 1.54) is 0 Å². The molecule has 1 atom stereocenters. The second-order valence-electron chi connectivity index (χ2n) is 4.98. The summed E-state index contributed by atoms with van der Waals surface area (Å²) < 4.78 is 7.82. The summed E-state index contributed by atoms with van der Waals surface area (Å²) in [5, 5.41) is 7.76. The number of likely N-dealkylation sites (tertiary alicyclic amines) is 1. The highest BCUT2D eigenvalue weighted by Crippen LogP contribution is 2.25. The van der Waals surface area contributed by atoms with Crippen molar-refractivity contribution in [1.29, 1.82) is 0 Å². The molecule has 3 rings (SSSR count). The molecule has 0 spiro atoms. The second kappa shape index (κ2) is 5.40. The number of nitrogens with zero attached hydrogens (tertiary/aromatic N) is 4. The van der Waals surface area contributed by atoms with Crippen LogP contribution in [0.3, 0.4) is 0 Å². The highest BCUT2D eigenvalue weighted by Gasteiger charge is 2.32. The van der Waals surface area contributed by atoms with Gasteiger partial charge in [0.2, 0.25) is 0 Å². The summed E-state index contributed by atoms with van der Waals surface area (Å²) >= 11 is 3.26. The summed E-state index contributed by atoms with van der Waals surface area (Å²) in [7, 11) is 0. The van der Waals surface area contributed by atoms with Crippen molar-refractivity contribution < 1.29 is 9.21 Å². The lowest BCUT2D eigenvalue weighted by Gasteiger charge is -2.23. The monoisotopic (exact) mass is 338 g/mol. The number of carbonyl (C=O) groups is 1. The van der Waals surface area contributed by atoms with Gasteiger partial charge in [0.15, 0.2) is 10.4 Å². The number of furan rings is 1. The van der Waals surface area contributed by atoms with Crippen molar-refractivity contribution >= 4 is 21.8 Å². The van der Waals surface area contributed by atoms with Gasteiger partial charge >= 0.3 is 0 Å². The molecule has 2 aromatic rings. The van der Waals surface area contributed by atoms with Crippen molar-refractivity contribution in [3.8, 4) is 0 Å². The quantitative estimate of drug-likeness (QED) is 0.860. The fraction of sp³-hybridized carbons (Fsp3) is 0.462. The van der Waals surface area contributed by atoms with Gasteiger partial charge in [-0.15, -0.1) is 5.10 Å². The van der Waals surface area contributed by atoms with E-state index in [-0.39, 0.29) is 11.9 Å². The highest BCUT2D eigenvalue weighted by atomic mass is 79.9. The minimum atomic E-state index is -0.0455. The molecule has 1 aliphatic rings. The Morgan fingerprint density at radius 1 is 1.60 bits per heavy atom. The number of aromatic nitrogens is 3. The molecule has 0 bridgehead atoms. The molecule has 1 aliphatic heterocycles. The van der Waals surface area contributed by atoms with Gasteiger partial charge in [-0.2, -0.15) is 0 Å². The minimum absolute atomic E-state index is 0.0455. The standard InChI is InChI=1S/C13H15BrN4O2/c1-9-7-11(14)20-12(9)13(19)18-5-2-3-10(18)8-17-6-4-15-16-17/h4,6-7,10H,2-3,5,8H2,1H3/t10-/m0/s1. The Balaban J connectivity index is 1.78. The second-order valence-corrected chi connectivity index (χ2v) is 5.76. The van der Waals surface area contributed by atoms with E-state index in [4.69, 9.17) is 4.42 Å². The van der Waals surface area contributed by atoms with Crippen LogP contribution in [0.2, 0.25) is 0 Å². The number of aryl methyl sites for hydroxylation is 1. The van der Waals surface area contributed by atoms with Crippen molar-refractivity contribution in [3.05, 3.63) is 34.5 Å². The van der Waals surface area contributed by atoms with Gasteiger partial charge in [-0.3, -0.25) is 9.48 Å². The van der Waals surface area contributed by atoms with Crippen LogP contribution in [-0.2, 0) is 6.54 Å². The summed E-state index contributed by atoms with van der Waals surface area (Å²) in [6.07, 6.45) is 5.45. The normalized spacial score (nSPS) is 18.7. The molecule has 6 nitrogen and oxygen atoms in total. The molecule has 0 saturated carbocycles. The Kier molecular flexibility index (Phi) is 3.60. The number of hydrogen-bond acceptors (Lipinski definition) is 4. The maximum atomic E-state index is 12.6. The molecule has 3 heterocycles. The number of rotatable bonds is 3. The van der Waals surface area contributed by atoms with Crippen LogP contribution in [0.15, 0.2) is 27.5 Å². The molecule has 0 radical (unpaired) electrons. The van der Waals surface area contributed by atoms with E-state index >= 15 is 0 Å². The smallest absolute Gasteiger partial charge is 0.290 e. The fourth-order valence-electron chi connectivity index (χ4n) is 2.62. The molecule has 1 fully saturated rings. The molecule has 0 aliphatic carbocycles. The zero-order valence-corrected chi connectivity index (χ0v) is 12.7. The molecular formula is C13H15BrN4O2. The first-order valence-corrected chi connectivity index (χ1v) is 7.35. The zero-order valence-electron chi connectivity index (χ0n) is 11.1. The third kappa shape index (κ3) is 2.49. The topological polar surface area (TPSA) is 64.2 Å². The highest BCUT2D eigenvalue weighted by molar-refractivity contribution is 9.10. The van der Waals surface area contributed by atoms with E-state index in [0.717, 1.165) is 24.9 Å². The molecule has 106 valence electrons. The molecule has 7 heteroatoms. The Morgan fingerprint density at radius 3 is 3.10 bits per heavy atom. The Morgan fingerprint density at radius 2 is 2.45 bits per heavy atom. The van der Waals surface area contributed by atoms with Gasteiger partial charge in [-0.25, -0.2) is 0 Å². The van der Waals surface area contributed by atoms with Crippen LogP contribution in [0.1, 0.15) is 29.0 Å². The Bertz CT molecular complexity index is 608. The van der Waals surface area contributed by atoms with Crippen LogP contribution in [0, 0.1) is 6.92 Å². The van der Waals surface area contributed by atoms with Crippen LogP contribution >= 0.6 is 15.9 Å². The van der Waals surface area contributed by atoms with E-state index in [2.05, 4.69) is 26.2 Å². The fourth-order valence-corrected chi connectivity index (χ4v) is 3.13. The lowest BCUT2D eigenvalue weighted by atomic mass is 10.2. The molecular weight excluding hydrogens is 324 g/mol. The van der Waals surface area contributed by atoms with Gasteiger partial charge in [0.1, 0.15) is 0 Å². The summed E-state index contributed by atoms with van der Waals surface area (Å²) in [5.74, 6) is 0.373. The maximum Gasteiger partial charge on any atom is 0.290 e. The molecule has 1 saturated heterocycles. The van der Waals surface area contributed by atoms with Gasteiger partial charge in [-0.05, 0) is 41.8 Å². The van der Waals surface area contributed by atoms with Gasteiger partial charge in [-0.1, -0.05) is 5.21 Å². The van der Waals surface area contributed by atoms with Gasteiger partial charge < -0.3 is 9.32 Å². The van der Waals surface area contributed by atoms with Crippen LogP contribution < -0.4 is 0 Å². The van der Waals surface area contributed by atoms with Gasteiger partial charge in [0.05, 0.1) is 18.8 Å².